The number of nitrogen functional groups attached to an aromatic ring is 1. The summed E-state index contributed by atoms with van der Waals surface area (Å²) in [6.07, 6.45) is 7.80. The van der Waals surface area contributed by atoms with Crippen LogP contribution in [-0.4, -0.2) is 56.9 Å². The fourth-order valence-electron chi connectivity index (χ4n) is 4.40. The van der Waals surface area contributed by atoms with E-state index in [0.29, 0.717) is 28.9 Å². The quantitative estimate of drug-likeness (QED) is 0.324. The summed E-state index contributed by atoms with van der Waals surface area (Å²) < 4.78 is 7.63. The van der Waals surface area contributed by atoms with E-state index in [2.05, 4.69) is 30.1 Å². The summed E-state index contributed by atoms with van der Waals surface area (Å²) in [6.45, 7) is 3.11. The van der Waals surface area contributed by atoms with Crippen LogP contribution >= 0.6 is 0 Å². The van der Waals surface area contributed by atoms with Crippen LogP contribution in [0, 0.1) is 5.41 Å². The Kier molecular flexibility index (Phi) is 5.20. The summed E-state index contributed by atoms with van der Waals surface area (Å²) in [4.78, 5) is 8.93. The summed E-state index contributed by atoms with van der Waals surface area (Å²) in [7, 11) is 1.88. The highest BCUT2D eigenvalue weighted by atomic mass is 16.4. The van der Waals surface area contributed by atoms with Crippen molar-refractivity contribution in [2.24, 2.45) is 7.05 Å². The van der Waals surface area contributed by atoms with Crippen molar-refractivity contribution in [2.75, 3.05) is 41.7 Å². The molecule has 0 radical (unpaired) electrons. The normalized spacial score (nSPS) is 16.0. The van der Waals surface area contributed by atoms with Gasteiger partial charge in [0.1, 0.15) is 5.82 Å². The number of pyridine rings is 1. The largest absolute Gasteiger partial charge is 0.408 e. The molecule has 4 heterocycles. The molecule has 1 aromatic carbocycles. The Labute approximate surface area is 204 Å². The molecule has 1 aliphatic carbocycles. The Morgan fingerprint density at radius 3 is 2.60 bits per heavy atom. The van der Waals surface area contributed by atoms with Gasteiger partial charge in [0.2, 0.25) is 5.89 Å². The fraction of sp³-hybridized carbons (Fsp3) is 0.320. The van der Waals surface area contributed by atoms with Gasteiger partial charge in [-0.05, 0) is 42.7 Å². The molecule has 0 spiro atoms. The minimum atomic E-state index is 0. The van der Waals surface area contributed by atoms with Crippen molar-refractivity contribution in [1.82, 2.24) is 25.0 Å². The Morgan fingerprint density at radius 2 is 1.86 bits per heavy atom. The van der Waals surface area contributed by atoms with Gasteiger partial charge >= 0.3 is 6.01 Å². The number of hydrogen-bond donors (Lipinski definition) is 2. The van der Waals surface area contributed by atoms with Gasteiger partial charge in [0.15, 0.2) is 0 Å². The minimum absolute atomic E-state index is 0. The molecule has 0 bridgehead atoms. The van der Waals surface area contributed by atoms with Gasteiger partial charge in [0, 0.05) is 75.3 Å². The second kappa shape index (κ2) is 8.53. The predicted molar refractivity (Wildman–Crippen MR) is 136 cm³/mol. The number of anilines is 3. The molecular formula is C25H29N9O. The number of benzene rings is 1. The van der Waals surface area contributed by atoms with Gasteiger partial charge in [-0.1, -0.05) is 11.2 Å². The van der Waals surface area contributed by atoms with Crippen molar-refractivity contribution in [3.05, 3.63) is 65.9 Å². The lowest BCUT2D eigenvalue weighted by molar-refractivity contribution is 0.475. The van der Waals surface area contributed by atoms with Gasteiger partial charge in [-0.2, -0.15) is 5.10 Å². The lowest BCUT2D eigenvalue weighted by Gasteiger charge is -2.34. The molecule has 10 heteroatoms. The Bertz CT molecular complexity index is 1390. The van der Waals surface area contributed by atoms with Crippen LogP contribution in [0.25, 0.3) is 11.1 Å². The van der Waals surface area contributed by atoms with Crippen LogP contribution in [0.3, 0.4) is 0 Å². The Hall–Kier alpha value is -4.21. The fourth-order valence-corrected chi connectivity index (χ4v) is 4.40. The van der Waals surface area contributed by atoms with E-state index >= 15 is 0 Å². The van der Waals surface area contributed by atoms with Crippen LogP contribution < -0.4 is 15.5 Å². The summed E-state index contributed by atoms with van der Waals surface area (Å²) in [5.41, 5.74) is 10.6. The van der Waals surface area contributed by atoms with Gasteiger partial charge in [-0.15, -0.1) is 5.10 Å². The third-order valence-corrected chi connectivity index (χ3v) is 6.63. The maximum Gasteiger partial charge on any atom is 0.318 e. The number of nitrogens with two attached hydrogens (primary N) is 1. The van der Waals surface area contributed by atoms with Gasteiger partial charge in [0.25, 0.3) is 0 Å². The van der Waals surface area contributed by atoms with E-state index in [9.17, 15) is 0 Å². The number of nitrogens with one attached hydrogen (secondary N) is 1. The summed E-state index contributed by atoms with van der Waals surface area (Å²) >= 11 is 0. The summed E-state index contributed by atoms with van der Waals surface area (Å²) in [6, 6.07) is 10.2. The zero-order valence-corrected chi connectivity index (χ0v) is 19.6. The van der Waals surface area contributed by atoms with E-state index in [0.717, 1.165) is 67.4 Å². The maximum absolute atomic E-state index is 8.89. The number of aryl methyl sites for hydroxylation is 1. The highest BCUT2D eigenvalue weighted by Crippen LogP contribution is 2.40. The van der Waals surface area contributed by atoms with Gasteiger partial charge in [-0.25, -0.2) is 4.98 Å². The molecule has 2 aliphatic rings. The second-order valence-electron chi connectivity index (χ2n) is 9.15. The zero-order chi connectivity index (χ0) is 23.9. The van der Waals surface area contributed by atoms with E-state index in [-0.39, 0.29) is 1.43 Å². The van der Waals surface area contributed by atoms with E-state index in [4.69, 9.17) is 15.6 Å². The first-order valence-corrected chi connectivity index (χ1v) is 11.8. The van der Waals surface area contributed by atoms with Crippen molar-refractivity contribution >= 4 is 23.2 Å². The third kappa shape index (κ3) is 4.23. The Balaban J connectivity index is 0.00000267. The van der Waals surface area contributed by atoms with Crippen molar-refractivity contribution < 1.29 is 5.84 Å². The number of hydrogen-bond acceptors (Lipinski definition) is 9. The Morgan fingerprint density at radius 1 is 1.06 bits per heavy atom. The van der Waals surface area contributed by atoms with Crippen molar-refractivity contribution in [1.29, 1.82) is 5.41 Å². The zero-order valence-electron chi connectivity index (χ0n) is 19.6. The molecular weight excluding hydrogens is 442 g/mol. The van der Waals surface area contributed by atoms with E-state index < -0.39 is 0 Å². The molecule has 3 N–H and O–H groups in total. The smallest absolute Gasteiger partial charge is 0.318 e. The molecule has 2 fully saturated rings. The third-order valence-electron chi connectivity index (χ3n) is 6.63. The van der Waals surface area contributed by atoms with Crippen LogP contribution in [0.1, 0.15) is 37.2 Å². The molecule has 10 nitrogen and oxygen atoms in total. The highest BCUT2D eigenvalue weighted by Gasteiger charge is 2.31. The molecule has 1 saturated carbocycles. The molecule has 4 aromatic rings. The van der Waals surface area contributed by atoms with Crippen molar-refractivity contribution in [3.63, 3.8) is 0 Å². The van der Waals surface area contributed by atoms with Gasteiger partial charge < -0.3 is 20.0 Å². The standard InChI is InChI=1S/C25H27N9O.H2/c1-32-15-19(14-29-32)17-4-5-21(26)20(12-17)23(27)18-6-7-28-22(13-18)33-8-10-34(11-9-33)25-31-30-24(35-25)16-2-3-16;/h4-7,12-16,27H,2-3,8-11,26H2,1H3;1H. The molecule has 6 rings (SSSR count). The summed E-state index contributed by atoms with van der Waals surface area (Å²) in [5.74, 6) is 2.07. The van der Waals surface area contributed by atoms with Crippen LogP contribution in [0.15, 0.2) is 53.3 Å². The van der Waals surface area contributed by atoms with Crippen molar-refractivity contribution in [2.45, 2.75) is 18.8 Å². The van der Waals surface area contributed by atoms with E-state index in [1.165, 1.54) is 0 Å². The first kappa shape index (κ1) is 21.3. The molecule has 1 saturated heterocycles. The maximum atomic E-state index is 8.89. The van der Waals surface area contributed by atoms with Gasteiger partial charge in [-0.3, -0.25) is 10.1 Å². The molecule has 35 heavy (non-hydrogen) atoms. The van der Waals surface area contributed by atoms with Crippen LogP contribution in [0.5, 0.6) is 0 Å². The molecule has 0 amide bonds. The average molecular weight is 472 g/mol. The van der Waals surface area contributed by atoms with Crippen LogP contribution in [0.4, 0.5) is 17.5 Å². The van der Waals surface area contributed by atoms with E-state index in [1.54, 1.807) is 10.9 Å². The highest BCUT2D eigenvalue weighted by molar-refractivity contribution is 6.14. The lowest BCUT2D eigenvalue weighted by Crippen LogP contribution is -2.47. The SMILES string of the molecule is Cn1cc(-c2ccc(N)c(C(=N)c3ccnc(N4CCN(c5nnc(C6CC6)o5)CC4)c3)c2)cn1.[HH]. The molecule has 0 unspecified atom stereocenters. The number of piperazine rings is 1. The van der Waals surface area contributed by atoms with E-state index in [1.807, 2.05) is 49.8 Å². The van der Waals surface area contributed by atoms with Gasteiger partial charge in [0.05, 0.1) is 11.9 Å². The van der Waals surface area contributed by atoms with Crippen LogP contribution in [0.2, 0.25) is 0 Å². The monoisotopic (exact) mass is 471 g/mol. The second-order valence-corrected chi connectivity index (χ2v) is 9.15. The molecule has 0 atom stereocenters. The van der Waals surface area contributed by atoms with Crippen LogP contribution in [-0.2, 0) is 7.05 Å². The average Bonchev–Trinajstić information content (AvgIpc) is 3.46. The minimum Gasteiger partial charge on any atom is -0.408 e. The lowest BCUT2D eigenvalue weighted by atomic mass is 9.97. The van der Waals surface area contributed by atoms with Crippen molar-refractivity contribution in [3.8, 4) is 11.1 Å². The predicted octanol–water partition coefficient (Wildman–Crippen LogP) is 3.31. The number of rotatable bonds is 6. The summed E-state index contributed by atoms with van der Waals surface area (Å²) in [5, 5.41) is 21.6. The first-order chi connectivity index (χ1) is 17.0. The topological polar surface area (TPSA) is 126 Å². The number of aromatic nitrogens is 5. The number of nitrogens with zero attached hydrogens (tertiary/aromatic N) is 7. The first-order valence-electron chi connectivity index (χ1n) is 11.8. The molecule has 3 aromatic heterocycles. The molecule has 180 valence electrons. The molecule has 1 aliphatic heterocycles.